The first-order valence-corrected chi connectivity index (χ1v) is 13.0. The highest BCUT2D eigenvalue weighted by Crippen LogP contribution is 2.36. The highest BCUT2D eigenvalue weighted by Gasteiger charge is 2.21. The molecular weight excluding hydrogens is 450 g/mol. The van der Waals surface area contributed by atoms with E-state index in [0.29, 0.717) is 28.7 Å². The smallest absolute Gasteiger partial charge is 0.235 e. The Hall–Kier alpha value is -2.89. The molecule has 0 aliphatic heterocycles. The number of amides is 1. The van der Waals surface area contributed by atoms with Crippen molar-refractivity contribution in [3.63, 3.8) is 0 Å². The first-order chi connectivity index (χ1) is 16.2. The number of aryl methyl sites for hydroxylation is 1. The molecule has 1 aromatic carbocycles. The van der Waals surface area contributed by atoms with E-state index < -0.39 is 0 Å². The number of nitrogens with zero attached hydrogens (tertiary/aromatic N) is 4. The highest BCUT2D eigenvalue weighted by molar-refractivity contribution is 7.99. The Kier molecular flexibility index (Phi) is 7.97. The van der Waals surface area contributed by atoms with Gasteiger partial charge in [-0.15, -0.1) is 28.1 Å². The van der Waals surface area contributed by atoms with E-state index >= 15 is 0 Å². The summed E-state index contributed by atoms with van der Waals surface area (Å²) in [5, 5.41) is 22.8. The molecular formula is C25H27N5OS2. The molecule has 1 aliphatic rings. The van der Waals surface area contributed by atoms with E-state index in [1.807, 2.05) is 28.8 Å². The minimum atomic E-state index is -0.136. The Labute approximate surface area is 202 Å². The minimum absolute atomic E-state index is 0.136. The van der Waals surface area contributed by atoms with Crippen molar-refractivity contribution in [2.75, 3.05) is 11.1 Å². The molecule has 4 rings (SSSR count). The van der Waals surface area contributed by atoms with E-state index in [-0.39, 0.29) is 11.7 Å². The van der Waals surface area contributed by atoms with Gasteiger partial charge in [-0.1, -0.05) is 61.0 Å². The van der Waals surface area contributed by atoms with Crippen molar-refractivity contribution in [3.8, 4) is 6.07 Å². The Morgan fingerprint density at radius 2 is 2.00 bits per heavy atom. The van der Waals surface area contributed by atoms with Crippen molar-refractivity contribution in [3.05, 3.63) is 70.4 Å². The van der Waals surface area contributed by atoms with Gasteiger partial charge in [-0.25, -0.2) is 0 Å². The molecule has 0 bridgehead atoms. The van der Waals surface area contributed by atoms with E-state index in [1.54, 1.807) is 11.3 Å². The number of benzene rings is 1. The van der Waals surface area contributed by atoms with Crippen LogP contribution in [0.5, 0.6) is 0 Å². The van der Waals surface area contributed by atoms with Crippen molar-refractivity contribution in [2.24, 2.45) is 0 Å². The number of carbonyl (C=O) groups is 1. The monoisotopic (exact) mass is 477 g/mol. The molecule has 0 unspecified atom stereocenters. The summed E-state index contributed by atoms with van der Waals surface area (Å²) in [6, 6.07) is 12.5. The zero-order valence-corrected chi connectivity index (χ0v) is 20.2. The maximum atomic E-state index is 12.8. The number of anilines is 1. The van der Waals surface area contributed by atoms with Crippen LogP contribution in [0.15, 0.2) is 48.1 Å². The second-order valence-corrected chi connectivity index (χ2v) is 10.1. The molecule has 3 aromatic rings. The molecule has 0 atom stereocenters. The van der Waals surface area contributed by atoms with E-state index in [2.05, 4.69) is 40.3 Å². The zero-order chi connectivity index (χ0) is 23.0. The largest absolute Gasteiger partial charge is 0.316 e. The number of thiophene rings is 1. The fourth-order valence-corrected chi connectivity index (χ4v) is 6.09. The zero-order valence-electron chi connectivity index (χ0n) is 18.5. The van der Waals surface area contributed by atoms with Gasteiger partial charge in [-0.05, 0) is 36.8 Å². The number of rotatable bonds is 8. The predicted octanol–water partition coefficient (Wildman–Crippen LogP) is 5.38. The third-order valence-electron chi connectivity index (χ3n) is 5.68. The second-order valence-electron chi connectivity index (χ2n) is 8.03. The van der Waals surface area contributed by atoms with Crippen LogP contribution in [-0.2, 0) is 30.6 Å². The number of fused-ring (bicyclic) bond motifs is 1. The number of allylic oxidation sites excluding steroid dienone is 1. The lowest BCUT2D eigenvalue weighted by Crippen LogP contribution is -2.15. The van der Waals surface area contributed by atoms with Crippen LogP contribution in [0.4, 0.5) is 5.00 Å². The lowest BCUT2D eigenvalue weighted by atomic mass is 9.97. The predicted molar refractivity (Wildman–Crippen MR) is 134 cm³/mol. The molecule has 1 aliphatic carbocycles. The number of nitriles is 1. The van der Waals surface area contributed by atoms with E-state index in [1.165, 1.54) is 29.5 Å². The van der Waals surface area contributed by atoms with Crippen LogP contribution >= 0.6 is 23.1 Å². The Bertz CT molecular complexity index is 1160. The number of aromatic nitrogens is 3. The van der Waals surface area contributed by atoms with Crippen LogP contribution in [0, 0.1) is 11.3 Å². The quantitative estimate of drug-likeness (QED) is 0.348. The second kappa shape index (κ2) is 11.3. The van der Waals surface area contributed by atoms with Gasteiger partial charge in [0.15, 0.2) is 5.16 Å². The Balaban J connectivity index is 1.43. The number of hydrogen-bond donors (Lipinski definition) is 1. The van der Waals surface area contributed by atoms with Crippen molar-refractivity contribution < 1.29 is 4.79 Å². The van der Waals surface area contributed by atoms with Gasteiger partial charge in [0.05, 0.1) is 11.3 Å². The van der Waals surface area contributed by atoms with Crippen LogP contribution in [0.1, 0.15) is 53.1 Å². The number of hydrogen-bond acceptors (Lipinski definition) is 6. The standard InChI is InChI=1S/C25H27N5OS2/c1-2-14-30-22(15-18-10-6-5-7-11-18)28-29-25(30)32-17-23(31)27-24-20(16-26)19-12-8-3-4-9-13-21(19)33-24/h2,5-7,10-11H,1,3-4,8-9,12-15,17H2,(H,27,31). The first kappa shape index (κ1) is 23.3. The molecule has 0 saturated heterocycles. The van der Waals surface area contributed by atoms with Crippen LogP contribution < -0.4 is 5.32 Å². The van der Waals surface area contributed by atoms with Gasteiger partial charge in [0.2, 0.25) is 5.91 Å². The summed E-state index contributed by atoms with van der Waals surface area (Å²) in [4.78, 5) is 14.0. The number of carbonyl (C=O) groups excluding carboxylic acids is 1. The van der Waals surface area contributed by atoms with Crippen molar-refractivity contribution in [1.29, 1.82) is 5.26 Å². The number of thioether (sulfide) groups is 1. The minimum Gasteiger partial charge on any atom is -0.316 e. The Morgan fingerprint density at radius 1 is 1.21 bits per heavy atom. The topological polar surface area (TPSA) is 83.6 Å². The maximum absolute atomic E-state index is 12.8. The third-order valence-corrected chi connectivity index (χ3v) is 7.85. The van der Waals surface area contributed by atoms with Gasteiger partial charge in [0.1, 0.15) is 16.9 Å². The molecule has 6 nitrogen and oxygen atoms in total. The van der Waals surface area contributed by atoms with Crippen LogP contribution in [0.25, 0.3) is 0 Å². The molecule has 8 heteroatoms. The van der Waals surface area contributed by atoms with Crippen molar-refractivity contribution >= 4 is 34.0 Å². The number of nitrogens with one attached hydrogen (secondary N) is 1. The molecule has 0 spiro atoms. The fourth-order valence-electron chi connectivity index (χ4n) is 4.07. The summed E-state index contributed by atoms with van der Waals surface area (Å²) < 4.78 is 2.00. The van der Waals surface area contributed by atoms with E-state index in [9.17, 15) is 10.1 Å². The van der Waals surface area contributed by atoms with Crippen LogP contribution in [0.3, 0.4) is 0 Å². The maximum Gasteiger partial charge on any atom is 0.235 e. The normalized spacial score (nSPS) is 13.4. The summed E-state index contributed by atoms with van der Waals surface area (Å²) in [6.07, 6.45) is 9.08. The molecule has 2 aromatic heterocycles. The fraction of sp³-hybridized carbons (Fsp3) is 0.360. The molecule has 0 radical (unpaired) electrons. The van der Waals surface area contributed by atoms with Crippen LogP contribution in [-0.4, -0.2) is 26.4 Å². The van der Waals surface area contributed by atoms with Crippen molar-refractivity contribution in [2.45, 2.75) is 56.6 Å². The highest BCUT2D eigenvalue weighted by atomic mass is 32.2. The summed E-state index contributed by atoms with van der Waals surface area (Å²) in [7, 11) is 0. The molecule has 170 valence electrons. The summed E-state index contributed by atoms with van der Waals surface area (Å²) in [5.41, 5.74) is 2.94. The third kappa shape index (κ3) is 5.73. The average Bonchev–Trinajstić information content (AvgIpc) is 3.33. The SMILES string of the molecule is C=CCn1c(Cc2ccccc2)nnc1SCC(=O)Nc1sc2c(c1C#N)CCCCCC2. The average molecular weight is 478 g/mol. The molecule has 2 heterocycles. The lowest BCUT2D eigenvalue weighted by molar-refractivity contribution is -0.113. The molecule has 1 N–H and O–H groups in total. The van der Waals surface area contributed by atoms with E-state index in [4.69, 9.17) is 0 Å². The van der Waals surface area contributed by atoms with Gasteiger partial charge in [0, 0.05) is 17.8 Å². The molecule has 0 saturated carbocycles. The summed E-state index contributed by atoms with van der Waals surface area (Å²) >= 11 is 2.92. The van der Waals surface area contributed by atoms with Gasteiger partial charge in [-0.3, -0.25) is 4.79 Å². The summed E-state index contributed by atoms with van der Waals surface area (Å²) in [6.45, 7) is 4.42. The van der Waals surface area contributed by atoms with Gasteiger partial charge in [-0.2, -0.15) is 5.26 Å². The van der Waals surface area contributed by atoms with Crippen LogP contribution in [0.2, 0.25) is 0 Å². The molecule has 33 heavy (non-hydrogen) atoms. The first-order valence-electron chi connectivity index (χ1n) is 11.2. The Morgan fingerprint density at radius 3 is 2.76 bits per heavy atom. The molecule has 1 amide bonds. The van der Waals surface area contributed by atoms with E-state index in [0.717, 1.165) is 42.6 Å². The molecule has 0 fully saturated rings. The van der Waals surface area contributed by atoms with Gasteiger partial charge < -0.3 is 9.88 Å². The summed E-state index contributed by atoms with van der Waals surface area (Å²) in [5.74, 6) is 0.908. The van der Waals surface area contributed by atoms with Gasteiger partial charge >= 0.3 is 0 Å². The lowest BCUT2D eigenvalue weighted by Gasteiger charge is -2.09. The van der Waals surface area contributed by atoms with Crippen molar-refractivity contribution in [1.82, 2.24) is 14.8 Å². The van der Waals surface area contributed by atoms with Gasteiger partial charge in [0.25, 0.3) is 0 Å².